The molecule has 2 aromatic rings. The highest BCUT2D eigenvalue weighted by molar-refractivity contribution is 7.92. The molecule has 2 aromatic carbocycles. The van der Waals surface area contributed by atoms with Crippen molar-refractivity contribution in [3.05, 3.63) is 47.5 Å². The monoisotopic (exact) mass is 605 g/mol. The lowest BCUT2D eigenvalue weighted by atomic mass is 10.0. The molecule has 0 saturated carbocycles. The van der Waals surface area contributed by atoms with Gasteiger partial charge in [-0.15, -0.1) is 0 Å². The van der Waals surface area contributed by atoms with Crippen LogP contribution in [-0.2, 0) is 21.2 Å². The fraction of sp³-hybridized carbons (Fsp3) is 0.594. The Labute approximate surface area is 250 Å². The van der Waals surface area contributed by atoms with Crippen LogP contribution in [0.4, 0.5) is 17.1 Å². The van der Waals surface area contributed by atoms with Crippen LogP contribution in [0.2, 0.25) is 0 Å². The Kier molecular flexibility index (Phi) is 17.7. The Morgan fingerprint density at radius 3 is 2.10 bits per heavy atom. The third kappa shape index (κ3) is 15.1. The molecule has 0 spiro atoms. The maximum absolute atomic E-state index is 12.7. The predicted octanol–water partition coefficient (Wildman–Crippen LogP) is 9.44. The van der Waals surface area contributed by atoms with E-state index in [4.69, 9.17) is 4.52 Å². The Hall–Kier alpha value is -2.15. The number of hydrogen-bond donors (Lipinski definition) is 3. The standard InChI is InChI=1S/C32H52N3O4PS/c1-4-5-6-7-8-9-10-11-12-13-14-15-16-19-22-41(37,38)35-30-21-18-17-20-28(30)25-39-40-26-34-29-23-27(2)32(36)31(24-29)33-3/h17-18,20-21,23-24,34-36,40H,3-16,19,22,25-26H2,1-2H3. The number of aryl methyl sites for hydroxylation is 1. The van der Waals surface area contributed by atoms with Gasteiger partial charge in [0.15, 0.2) is 0 Å². The summed E-state index contributed by atoms with van der Waals surface area (Å²) in [7, 11) is -3.25. The second-order valence-corrected chi connectivity index (χ2v) is 13.6. The summed E-state index contributed by atoms with van der Waals surface area (Å²) in [4.78, 5) is 3.84. The highest BCUT2D eigenvalue weighted by atomic mass is 32.2. The van der Waals surface area contributed by atoms with Gasteiger partial charge in [0.2, 0.25) is 10.0 Å². The second kappa shape index (κ2) is 20.7. The molecule has 0 saturated heterocycles. The zero-order valence-electron chi connectivity index (χ0n) is 25.2. The molecule has 0 amide bonds. The van der Waals surface area contributed by atoms with Gasteiger partial charge in [-0.25, -0.2) is 8.42 Å². The summed E-state index contributed by atoms with van der Waals surface area (Å²) in [5.74, 6) is 0.270. The molecule has 0 aliphatic heterocycles. The number of aliphatic imine (C=N–C) groups is 1. The van der Waals surface area contributed by atoms with Crippen molar-refractivity contribution in [2.45, 2.75) is 110 Å². The smallest absolute Gasteiger partial charge is 0.232 e. The number of phenols is 1. The van der Waals surface area contributed by atoms with Crippen molar-refractivity contribution in [2.24, 2.45) is 4.99 Å². The largest absolute Gasteiger partial charge is 0.505 e. The Bertz CT molecular complexity index is 1130. The van der Waals surface area contributed by atoms with Crippen molar-refractivity contribution in [2.75, 3.05) is 22.1 Å². The van der Waals surface area contributed by atoms with Gasteiger partial charge in [0.25, 0.3) is 0 Å². The minimum absolute atomic E-state index is 0.132. The number of aromatic hydroxyl groups is 1. The number of nitrogens with zero attached hydrogens (tertiary/aromatic N) is 1. The van der Waals surface area contributed by atoms with E-state index < -0.39 is 10.0 Å². The Balaban J connectivity index is 1.60. The number of rotatable bonds is 24. The topological polar surface area (TPSA) is 100 Å². The molecule has 1 unspecified atom stereocenters. The predicted molar refractivity (Wildman–Crippen MR) is 178 cm³/mol. The first-order valence-electron chi connectivity index (χ1n) is 15.3. The average Bonchev–Trinajstić information content (AvgIpc) is 2.95. The summed E-state index contributed by atoms with van der Waals surface area (Å²) in [6.07, 6.45) is 18.0. The molecule has 0 aromatic heterocycles. The van der Waals surface area contributed by atoms with Gasteiger partial charge in [0.05, 0.1) is 24.3 Å². The third-order valence-corrected chi connectivity index (χ3v) is 9.22. The van der Waals surface area contributed by atoms with Crippen molar-refractivity contribution in [3.8, 4) is 5.75 Å². The maximum atomic E-state index is 12.7. The van der Waals surface area contributed by atoms with Crippen LogP contribution in [0.1, 0.15) is 108 Å². The van der Waals surface area contributed by atoms with E-state index in [0.717, 1.165) is 29.7 Å². The van der Waals surface area contributed by atoms with Gasteiger partial charge in [0, 0.05) is 20.1 Å². The SMILES string of the molecule is C=Nc1cc(NCPOCc2ccccc2NS(=O)(=O)CCCCCCCCCCCCCCCC)cc(C)c1O. The maximum Gasteiger partial charge on any atom is 0.232 e. The number of hydrogen-bond acceptors (Lipinski definition) is 6. The average molecular weight is 606 g/mol. The number of phenolic OH excluding ortho intramolecular Hbond substituents is 1. The quantitative estimate of drug-likeness (QED) is 0.0479. The normalized spacial score (nSPS) is 11.8. The van der Waals surface area contributed by atoms with Crippen LogP contribution in [0.25, 0.3) is 0 Å². The molecule has 230 valence electrons. The van der Waals surface area contributed by atoms with E-state index in [0.29, 0.717) is 30.7 Å². The minimum Gasteiger partial charge on any atom is -0.505 e. The Morgan fingerprint density at radius 1 is 0.902 bits per heavy atom. The molecule has 3 N–H and O–H groups in total. The number of benzene rings is 2. The van der Waals surface area contributed by atoms with Crippen molar-refractivity contribution in [3.63, 3.8) is 0 Å². The molecule has 1 atom stereocenters. The van der Waals surface area contributed by atoms with Crippen LogP contribution in [0.5, 0.6) is 5.75 Å². The van der Waals surface area contributed by atoms with Crippen molar-refractivity contribution in [1.82, 2.24) is 0 Å². The van der Waals surface area contributed by atoms with Crippen LogP contribution >= 0.6 is 8.81 Å². The number of nitrogens with one attached hydrogen (secondary N) is 2. The molecule has 0 aliphatic carbocycles. The van der Waals surface area contributed by atoms with Gasteiger partial charge in [-0.3, -0.25) is 9.71 Å². The summed E-state index contributed by atoms with van der Waals surface area (Å²) in [5.41, 5.74) is 3.37. The van der Waals surface area contributed by atoms with Gasteiger partial charge in [-0.2, -0.15) is 0 Å². The molecule has 0 heterocycles. The number of para-hydroxylation sites is 1. The van der Waals surface area contributed by atoms with Gasteiger partial charge < -0.3 is 14.9 Å². The molecule has 0 aliphatic rings. The number of unbranched alkanes of at least 4 members (excludes halogenated alkanes) is 13. The molecule has 0 bridgehead atoms. The molecular weight excluding hydrogens is 553 g/mol. The summed E-state index contributed by atoms with van der Waals surface area (Å²) < 4.78 is 34.0. The van der Waals surface area contributed by atoms with Gasteiger partial charge in [-0.05, 0) is 43.8 Å². The fourth-order valence-electron chi connectivity index (χ4n) is 4.75. The first-order chi connectivity index (χ1) is 19.9. The molecule has 41 heavy (non-hydrogen) atoms. The van der Waals surface area contributed by atoms with Gasteiger partial charge >= 0.3 is 0 Å². The minimum atomic E-state index is -3.41. The number of anilines is 2. The van der Waals surface area contributed by atoms with Gasteiger partial charge in [-0.1, -0.05) is 109 Å². The van der Waals surface area contributed by atoms with Crippen molar-refractivity contribution < 1.29 is 18.0 Å². The lowest BCUT2D eigenvalue weighted by Crippen LogP contribution is -2.17. The lowest BCUT2D eigenvalue weighted by molar-refractivity contribution is 0.353. The zero-order valence-corrected chi connectivity index (χ0v) is 27.0. The zero-order chi connectivity index (χ0) is 29.8. The Morgan fingerprint density at radius 2 is 1.49 bits per heavy atom. The first-order valence-corrected chi connectivity index (χ1v) is 18.1. The first kappa shape index (κ1) is 35.0. The lowest BCUT2D eigenvalue weighted by Gasteiger charge is -2.14. The van der Waals surface area contributed by atoms with E-state index in [2.05, 4.69) is 28.7 Å². The molecule has 0 fully saturated rings. The summed E-state index contributed by atoms with van der Waals surface area (Å²) in [6.45, 7) is 7.87. The van der Waals surface area contributed by atoms with Gasteiger partial charge in [0.1, 0.15) is 11.4 Å². The molecule has 9 heteroatoms. The fourth-order valence-corrected chi connectivity index (χ4v) is 6.61. The second-order valence-electron chi connectivity index (χ2n) is 10.8. The van der Waals surface area contributed by atoms with Crippen LogP contribution < -0.4 is 10.0 Å². The van der Waals surface area contributed by atoms with Crippen LogP contribution in [-0.4, -0.2) is 32.3 Å². The highest BCUT2D eigenvalue weighted by Gasteiger charge is 2.13. The highest BCUT2D eigenvalue weighted by Crippen LogP contribution is 2.33. The summed E-state index contributed by atoms with van der Waals surface area (Å²) >= 11 is 0. The van der Waals surface area contributed by atoms with E-state index in [1.54, 1.807) is 12.1 Å². The summed E-state index contributed by atoms with van der Waals surface area (Å²) in [5, 5.41) is 13.2. The van der Waals surface area contributed by atoms with Crippen LogP contribution in [0, 0.1) is 6.92 Å². The molecular formula is C32H52N3O4PS. The van der Waals surface area contributed by atoms with Crippen LogP contribution in [0.15, 0.2) is 41.4 Å². The van der Waals surface area contributed by atoms with E-state index >= 15 is 0 Å². The van der Waals surface area contributed by atoms with Crippen molar-refractivity contribution >= 4 is 42.6 Å². The van der Waals surface area contributed by atoms with E-state index in [9.17, 15) is 13.5 Å². The molecule has 2 rings (SSSR count). The molecule has 0 radical (unpaired) electrons. The van der Waals surface area contributed by atoms with Crippen LogP contribution in [0.3, 0.4) is 0 Å². The molecule has 7 nitrogen and oxygen atoms in total. The third-order valence-electron chi connectivity index (χ3n) is 7.19. The van der Waals surface area contributed by atoms with E-state index in [1.165, 1.54) is 70.6 Å². The number of sulfonamides is 1. The van der Waals surface area contributed by atoms with E-state index in [1.807, 2.05) is 31.2 Å². The van der Waals surface area contributed by atoms with E-state index in [-0.39, 0.29) is 20.3 Å². The summed E-state index contributed by atoms with van der Waals surface area (Å²) in [6, 6.07) is 11.0. The van der Waals surface area contributed by atoms with Crippen molar-refractivity contribution in [1.29, 1.82) is 0 Å².